The van der Waals surface area contributed by atoms with E-state index in [1.165, 1.54) is 0 Å². The molecular weight excluding hydrogens is 426 g/mol. The van der Waals surface area contributed by atoms with Gasteiger partial charge in [0.2, 0.25) is 0 Å². The van der Waals surface area contributed by atoms with E-state index in [0.29, 0.717) is 11.5 Å². The first kappa shape index (κ1) is 21.3. The van der Waals surface area contributed by atoms with Crippen molar-refractivity contribution in [3.63, 3.8) is 0 Å². The first-order chi connectivity index (χ1) is 16.5. The molecular formula is C25H25N9. The molecule has 0 saturated heterocycles. The molecule has 9 heteroatoms. The molecule has 3 N–H and O–H groups in total. The zero-order chi connectivity index (χ0) is 23.8. The number of aryl methyl sites for hydroxylation is 2. The molecule has 34 heavy (non-hydrogen) atoms. The number of hydrogen-bond acceptors (Lipinski definition) is 6. The number of aromatic nitrogens is 8. The molecule has 0 bridgehead atoms. The lowest BCUT2D eigenvalue weighted by Crippen LogP contribution is -2.28. The van der Waals surface area contributed by atoms with Crippen LogP contribution in [0.3, 0.4) is 0 Å². The predicted molar refractivity (Wildman–Crippen MR) is 133 cm³/mol. The molecule has 0 amide bonds. The third-order valence-corrected chi connectivity index (χ3v) is 5.91. The standard InChI is InChI=1S/C25H25N9/c1-5-16-21(10-9-18(26)22-14-29-15(2)33(22)3)34(4)32-24(16)25-30-20-13-27-12-17(23(20)31-25)19-8-6-7-11-28-19/h5-14H,26H2,1-4H3,(H,30,31)/b16-5-,18-9-,21-10+. The summed E-state index contributed by atoms with van der Waals surface area (Å²) in [6.45, 7) is 3.93. The van der Waals surface area contributed by atoms with Crippen LogP contribution >= 0.6 is 0 Å². The van der Waals surface area contributed by atoms with E-state index >= 15 is 0 Å². The Balaban J connectivity index is 1.63. The second kappa shape index (κ2) is 8.43. The molecule has 0 saturated carbocycles. The zero-order valence-corrected chi connectivity index (χ0v) is 19.5. The van der Waals surface area contributed by atoms with E-state index in [1.54, 1.807) is 24.8 Å². The van der Waals surface area contributed by atoms with Gasteiger partial charge in [0, 0.05) is 37.3 Å². The van der Waals surface area contributed by atoms with Crippen LogP contribution in [0, 0.1) is 6.92 Å². The number of nitrogens with two attached hydrogens (primary N) is 1. The van der Waals surface area contributed by atoms with Crippen LogP contribution in [0.2, 0.25) is 0 Å². The van der Waals surface area contributed by atoms with E-state index in [2.05, 4.69) is 19.9 Å². The summed E-state index contributed by atoms with van der Waals surface area (Å²) in [6, 6.07) is 5.79. The van der Waals surface area contributed by atoms with Gasteiger partial charge in [-0.1, -0.05) is 12.1 Å². The number of nitrogens with one attached hydrogen (secondary N) is 1. The first-order valence-electron chi connectivity index (χ1n) is 10.9. The van der Waals surface area contributed by atoms with Crippen LogP contribution in [0.15, 0.2) is 49.1 Å². The number of allylic oxidation sites excluding steroid dienone is 1. The highest BCUT2D eigenvalue weighted by molar-refractivity contribution is 5.91. The molecule has 5 aromatic rings. The van der Waals surface area contributed by atoms with Gasteiger partial charge in [-0.25, -0.2) is 9.97 Å². The monoisotopic (exact) mass is 451 g/mol. The highest BCUT2D eigenvalue weighted by Crippen LogP contribution is 2.26. The van der Waals surface area contributed by atoms with Gasteiger partial charge in [0.05, 0.1) is 40.3 Å². The normalized spacial score (nSPS) is 13.4. The molecule has 5 heterocycles. The van der Waals surface area contributed by atoms with Crippen molar-refractivity contribution >= 4 is 28.9 Å². The van der Waals surface area contributed by atoms with Crippen LogP contribution in [-0.2, 0) is 14.1 Å². The van der Waals surface area contributed by atoms with Crippen LogP contribution in [0.4, 0.5) is 0 Å². The minimum absolute atomic E-state index is 0.628. The number of fused-ring (bicyclic) bond motifs is 1. The fourth-order valence-corrected chi connectivity index (χ4v) is 3.99. The minimum atomic E-state index is 0.628. The van der Waals surface area contributed by atoms with Crippen molar-refractivity contribution in [1.82, 2.24) is 39.3 Å². The Hall–Kier alpha value is -4.53. The quantitative estimate of drug-likeness (QED) is 0.432. The second-order valence-electron chi connectivity index (χ2n) is 7.98. The predicted octanol–water partition coefficient (Wildman–Crippen LogP) is 2.04. The fourth-order valence-electron chi connectivity index (χ4n) is 3.99. The molecule has 5 aromatic heterocycles. The summed E-state index contributed by atoms with van der Waals surface area (Å²) in [4.78, 5) is 21.4. The Labute approximate surface area is 196 Å². The summed E-state index contributed by atoms with van der Waals surface area (Å²) in [5, 5.41) is 6.64. The largest absolute Gasteiger partial charge is 0.397 e. The maximum absolute atomic E-state index is 6.34. The lowest BCUT2D eigenvalue weighted by atomic mass is 10.1. The van der Waals surface area contributed by atoms with Crippen molar-refractivity contribution in [2.24, 2.45) is 19.8 Å². The zero-order valence-electron chi connectivity index (χ0n) is 19.5. The molecule has 0 fully saturated rings. The minimum Gasteiger partial charge on any atom is -0.397 e. The summed E-state index contributed by atoms with van der Waals surface area (Å²) in [5.41, 5.74) is 11.9. The van der Waals surface area contributed by atoms with Crippen molar-refractivity contribution < 1.29 is 0 Å². The van der Waals surface area contributed by atoms with Gasteiger partial charge in [-0.3, -0.25) is 14.6 Å². The Morgan fingerprint density at radius 1 is 1.12 bits per heavy atom. The summed E-state index contributed by atoms with van der Waals surface area (Å²) in [5.74, 6) is 1.57. The van der Waals surface area contributed by atoms with Gasteiger partial charge < -0.3 is 15.3 Å². The van der Waals surface area contributed by atoms with Crippen LogP contribution < -0.4 is 16.3 Å². The average Bonchev–Trinajstić information content (AvgIpc) is 3.52. The molecule has 5 rings (SSSR count). The Bertz CT molecular complexity index is 1650. The van der Waals surface area contributed by atoms with Gasteiger partial charge in [-0.15, -0.1) is 0 Å². The van der Waals surface area contributed by atoms with Gasteiger partial charge in [-0.2, -0.15) is 5.10 Å². The maximum atomic E-state index is 6.34. The average molecular weight is 452 g/mol. The van der Waals surface area contributed by atoms with Crippen LogP contribution in [0.5, 0.6) is 0 Å². The van der Waals surface area contributed by atoms with Crippen molar-refractivity contribution in [2.75, 3.05) is 0 Å². The number of imidazole rings is 2. The molecule has 170 valence electrons. The van der Waals surface area contributed by atoms with Gasteiger partial charge in [0.25, 0.3) is 0 Å². The van der Waals surface area contributed by atoms with Crippen LogP contribution in [-0.4, -0.2) is 39.3 Å². The Morgan fingerprint density at radius 2 is 1.97 bits per heavy atom. The van der Waals surface area contributed by atoms with E-state index in [1.807, 2.05) is 73.6 Å². The van der Waals surface area contributed by atoms with E-state index in [0.717, 1.165) is 50.1 Å². The fraction of sp³-hybridized carbons (Fsp3) is 0.160. The molecule has 9 nitrogen and oxygen atoms in total. The summed E-state index contributed by atoms with van der Waals surface area (Å²) in [7, 11) is 3.85. The SMILES string of the molecule is C\C=c1/c(-c2nc3c(-c4ccccn4)cncc3[nH]2)nn(C)/c1=C/C=C(\N)c1cnc(C)n1C. The maximum Gasteiger partial charge on any atom is 0.159 e. The molecule has 0 aromatic carbocycles. The summed E-state index contributed by atoms with van der Waals surface area (Å²) >= 11 is 0. The van der Waals surface area contributed by atoms with Gasteiger partial charge in [0.15, 0.2) is 5.82 Å². The Kier molecular flexibility index (Phi) is 5.29. The van der Waals surface area contributed by atoms with E-state index in [4.69, 9.17) is 15.8 Å². The molecule has 0 atom stereocenters. The highest BCUT2D eigenvalue weighted by Gasteiger charge is 2.15. The number of pyridine rings is 2. The molecule has 0 aliphatic carbocycles. The summed E-state index contributed by atoms with van der Waals surface area (Å²) < 4.78 is 3.79. The van der Waals surface area contributed by atoms with Crippen molar-refractivity contribution in [1.29, 1.82) is 0 Å². The van der Waals surface area contributed by atoms with E-state index < -0.39 is 0 Å². The third-order valence-electron chi connectivity index (χ3n) is 5.91. The van der Waals surface area contributed by atoms with Crippen molar-refractivity contribution in [3.05, 3.63) is 71.1 Å². The highest BCUT2D eigenvalue weighted by atomic mass is 15.3. The smallest absolute Gasteiger partial charge is 0.159 e. The molecule has 0 radical (unpaired) electrons. The van der Waals surface area contributed by atoms with Crippen molar-refractivity contribution in [2.45, 2.75) is 13.8 Å². The van der Waals surface area contributed by atoms with Gasteiger partial charge in [-0.05, 0) is 38.1 Å². The number of aromatic amines is 1. The number of rotatable bonds is 4. The second-order valence-corrected chi connectivity index (χ2v) is 7.98. The lowest BCUT2D eigenvalue weighted by molar-refractivity contribution is 0.744. The summed E-state index contributed by atoms with van der Waals surface area (Å²) in [6.07, 6.45) is 13.0. The van der Waals surface area contributed by atoms with E-state index in [9.17, 15) is 0 Å². The molecule has 0 aliphatic heterocycles. The topological polar surface area (TPSA) is 116 Å². The molecule has 0 aliphatic rings. The van der Waals surface area contributed by atoms with Gasteiger partial charge in [0.1, 0.15) is 17.0 Å². The number of H-pyrrole nitrogens is 1. The molecule has 0 spiro atoms. The van der Waals surface area contributed by atoms with E-state index in [-0.39, 0.29) is 0 Å². The Morgan fingerprint density at radius 3 is 2.68 bits per heavy atom. The number of hydrogen-bond donors (Lipinski definition) is 2. The molecule has 0 unspecified atom stereocenters. The van der Waals surface area contributed by atoms with Gasteiger partial charge >= 0.3 is 0 Å². The van der Waals surface area contributed by atoms with Crippen molar-refractivity contribution in [3.8, 4) is 22.8 Å². The first-order valence-corrected chi connectivity index (χ1v) is 10.9. The third kappa shape index (κ3) is 3.57. The number of nitrogens with zero attached hydrogens (tertiary/aromatic N) is 7. The van der Waals surface area contributed by atoms with Crippen LogP contribution in [0.25, 0.3) is 51.7 Å². The van der Waals surface area contributed by atoms with Crippen LogP contribution in [0.1, 0.15) is 18.4 Å². The lowest BCUT2D eigenvalue weighted by Gasteiger charge is -2.02.